The zero-order valence-corrected chi connectivity index (χ0v) is 6.64. The predicted octanol–water partition coefficient (Wildman–Crippen LogP) is 0.760. The summed E-state index contributed by atoms with van der Waals surface area (Å²) in [6, 6.07) is 1.38. The van der Waals surface area contributed by atoms with E-state index in [0.717, 1.165) is 6.07 Å². The Bertz CT molecular complexity index is 614. The third-order valence-electron chi connectivity index (χ3n) is 1.68. The molecule has 1 aromatic carbocycles. The van der Waals surface area contributed by atoms with Crippen LogP contribution in [0.4, 0.5) is 8.78 Å². The number of H-pyrrole nitrogens is 1. The number of hydrogen-bond acceptors (Lipinski definition) is 3. The lowest BCUT2D eigenvalue weighted by molar-refractivity contribution is 0.456. The maximum Gasteiger partial charge on any atom is 0.419 e. The van der Waals surface area contributed by atoms with Crippen LogP contribution in [0.15, 0.2) is 26.1 Å². The lowest BCUT2D eigenvalue weighted by atomic mass is 10.2. The van der Waals surface area contributed by atoms with E-state index in [1.54, 1.807) is 0 Å². The van der Waals surface area contributed by atoms with Crippen molar-refractivity contribution < 1.29 is 13.2 Å². The molecule has 0 aliphatic carbocycles. The number of nitrogens with one attached hydrogen (secondary N) is 1. The Morgan fingerprint density at radius 2 is 1.93 bits per heavy atom. The molecule has 0 aliphatic rings. The van der Waals surface area contributed by atoms with Crippen LogP contribution in [-0.4, -0.2) is 4.98 Å². The number of aromatic nitrogens is 1. The minimum Gasteiger partial charge on any atom is -0.372 e. The summed E-state index contributed by atoms with van der Waals surface area (Å²) >= 11 is 0. The van der Waals surface area contributed by atoms with Crippen molar-refractivity contribution in [1.29, 1.82) is 0 Å². The molecule has 4 nitrogen and oxygen atoms in total. The topological polar surface area (TPSA) is 63.1 Å². The maximum atomic E-state index is 13.0. The summed E-state index contributed by atoms with van der Waals surface area (Å²) in [4.78, 5) is 23.7. The molecule has 72 valence electrons. The van der Waals surface area contributed by atoms with Gasteiger partial charge in [0, 0.05) is 6.07 Å². The third kappa shape index (κ3) is 1.20. The van der Waals surface area contributed by atoms with Crippen molar-refractivity contribution in [3.8, 4) is 0 Å². The number of aromatic amines is 1. The highest BCUT2D eigenvalue weighted by Crippen LogP contribution is 2.12. The van der Waals surface area contributed by atoms with Gasteiger partial charge < -0.3 is 4.42 Å². The summed E-state index contributed by atoms with van der Waals surface area (Å²) in [6.45, 7) is 0. The number of halogens is 2. The lowest BCUT2D eigenvalue weighted by Gasteiger charge is -1.96. The van der Waals surface area contributed by atoms with Crippen LogP contribution in [0, 0.1) is 11.6 Å². The molecule has 0 unspecified atom stereocenters. The smallest absolute Gasteiger partial charge is 0.372 e. The van der Waals surface area contributed by atoms with Gasteiger partial charge in [-0.05, 0) is 6.07 Å². The van der Waals surface area contributed by atoms with Gasteiger partial charge >= 0.3 is 11.4 Å². The maximum absolute atomic E-state index is 13.0. The first-order valence-corrected chi connectivity index (χ1v) is 3.60. The van der Waals surface area contributed by atoms with Crippen molar-refractivity contribution >= 4 is 10.9 Å². The van der Waals surface area contributed by atoms with Crippen molar-refractivity contribution in [3.63, 3.8) is 0 Å². The first-order chi connectivity index (χ1) is 6.58. The molecule has 1 aromatic heterocycles. The molecule has 2 rings (SSSR count). The fourth-order valence-electron chi connectivity index (χ4n) is 1.15. The molecule has 0 saturated carbocycles. The molecular formula is C8H3F2NO3. The Labute approximate surface area is 74.8 Å². The Kier molecular flexibility index (Phi) is 1.70. The average molecular weight is 199 g/mol. The Balaban J connectivity index is 3.10. The van der Waals surface area contributed by atoms with E-state index >= 15 is 0 Å². The highest BCUT2D eigenvalue weighted by molar-refractivity contribution is 5.77. The van der Waals surface area contributed by atoms with Gasteiger partial charge in [0.1, 0.15) is 17.0 Å². The van der Waals surface area contributed by atoms with Crippen LogP contribution in [0.5, 0.6) is 0 Å². The fourth-order valence-corrected chi connectivity index (χ4v) is 1.15. The molecule has 0 amide bonds. The van der Waals surface area contributed by atoms with Crippen molar-refractivity contribution in [1.82, 2.24) is 4.98 Å². The van der Waals surface area contributed by atoms with E-state index in [1.807, 2.05) is 4.98 Å². The van der Waals surface area contributed by atoms with E-state index < -0.39 is 28.4 Å². The molecule has 6 heteroatoms. The van der Waals surface area contributed by atoms with Crippen molar-refractivity contribution in [2.24, 2.45) is 0 Å². The van der Waals surface area contributed by atoms with E-state index in [4.69, 9.17) is 0 Å². The van der Waals surface area contributed by atoms with Crippen molar-refractivity contribution in [2.45, 2.75) is 0 Å². The van der Waals surface area contributed by atoms with E-state index in [1.165, 1.54) is 0 Å². The van der Waals surface area contributed by atoms with Gasteiger partial charge in [-0.1, -0.05) is 0 Å². The van der Waals surface area contributed by atoms with Crippen LogP contribution in [0.1, 0.15) is 0 Å². The lowest BCUT2D eigenvalue weighted by Crippen LogP contribution is -2.15. The average Bonchev–Trinajstić information content (AvgIpc) is 1.99. The minimum atomic E-state index is -1.12. The van der Waals surface area contributed by atoms with Gasteiger partial charge in [-0.25, -0.2) is 18.4 Å². The van der Waals surface area contributed by atoms with Crippen LogP contribution in [0.3, 0.4) is 0 Å². The normalized spacial score (nSPS) is 10.7. The molecule has 0 spiro atoms. The Hall–Kier alpha value is -1.98. The van der Waals surface area contributed by atoms with Gasteiger partial charge in [-0.3, -0.25) is 4.98 Å². The van der Waals surface area contributed by atoms with E-state index in [-0.39, 0.29) is 5.52 Å². The molecule has 1 N–H and O–H groups in total. The van der Waals surface area contributed by atoms with Crippen molar-refractivity contribution in [2.75, 3.05) is 0 Å². The zero-order chi connectivity index (χ0) is 10.3. The van der Waals surface area contributed by atoms with E-state index in [2.05, 4.69) is 4.42 Å². The standard InChI is InChI=1S/C8H3F2NO3/c9-3-1-4(10)6-5(2-3)11-8(13)14-7(6)12/h1-2H,(H,11,13). The summed E-state index contributed by atoms with van der Waals surface area (Å²) < 4.78 is 29.8. The summed E-state index contributed by atoms with van der Waals surface area (Å²) in [7, 11) is 0. The molecule has 0 saturated heterocycles. The first kappa shape index (κ1) is 8.61. The van der Waals surface area contributed by atoms with Crippen LogP contribution < -0.4 is 11.4 Å². The minimum absolute atomic E-state index is 0.219. The summed E-state index contributed by atoms with van der Waals surface area (Å²) in [5, 5.41) is -0.467. The molecule has 0 aliphatic heterocycles. The van der Waals surface area contributed by atoms with Gasteiger partial charge in [0.2, 0.25) is 0 Å². The number of benzene rings is 1. The number of fused-ring (bicyclic) bond motifs is 1. The van der Waals surface area contributed by atoms with Crippen LogP contribution in [-0.2, 0) is 0 Å². The monoisotopic (exact) mass is 199 g/mol. The SMILES string of the molecule is O=c1[nH]c2cc(F)cc(F)c2c(=O)o1. The second-order valence-corrected chi connectivity index (χ2v) is 2.61. The summed E-state index contributed by atoms with van der Waals surface area (Å²) in [5.74, 6) is -2.99. The van der Waals surface area contributed by atoms with Gasteiger partial charge in [-0.15, -0.1) is 0 Å². The molecule has 0 fully saturated rings. The number of hydrogen-bond donors (Lipinski definition) is 1. The van der Waals surface area contributed by atoms with Crippen LogP contribution in [0.2, 0.25) is 0 Å². The van der Waals surface area contributed by atoms with Crippen molar-refractivity contribution in [3.05, 3.63) is 44.7 Å². The predicted molar refractivity (Wildman–Crippen MR) is 43.0 cm³/mol. The molecule has 2 aromatic rings. The van der Waals surface area contributed by atoms with Gasteiger partial charge in [0.15, 0.2) is 0 Å². The van der Waals surface area contributed by atoms with E-state index in [0.29, 0.717) is 6.07 Å². The van der Waals surface area contributed by atoms with Gasteiger partial charge in [0.05, 0.1) is 5.52 Å². The molecule has 0 bridgehead atoms. The Morgan fingerprint density at radius 1 is 1.21 bits per heavy atom. The molecule has 0 atom stereocenters. The first-order valence-electron chi connectivity index (χ1n) is 3.60. The van der Waals surface area contributed by atoms with E-state index in [9.17, 15) is 18.4 Å². The highest BCUT2D eigenvalue weighted by atomic mass is 19.1. The Morgan fingerprint density at radius 3 is 2.64 bits per heavy atom. The molecule has 0 radical (unpaired) electrons. The summed E-state index contributed by atoms with van der Waals surface area (Å²) in [6.07, 6.45) is 0. The zero-order valence-electron chi connectivity index (χ0n) is 6.64. The van der Waals surface area contributed by atoms with Crippen LogP contribution >= 0.6 is 0 Å². The fraction of sp³-hybridized carbons (Fsp3) is 0. The van der Waals surface area contributed by atoms with Gasteiger partial charge in [0.25, 0.3) is 0 Å². The highest BCUT2D eigenvalue weighted by Gasteiger charge is 2.10. The molecular weight excluding hydrogens is 196 g/mol. The molecule has 1 heterocycles. The van der Waals surface area contributed by atoms with Crippen LogP contribution in [0.25, 0.3) is 10.9 Å². The molecule has 14 heavy (non-hydrogen) atoms. The second-order valence-electron chi connectivity index (χ2n) is 2.61. The quantitative estimate of drug-likeness (QED) is 0.681. The summed E-state index contributed by atoms with van der Waals surface area (Å²) in [5.41, 5.74) is -1.34. The van der Waals surface area contributed by atoms with Gasteiger partial charge in [-0.2, -0.15) is 0 Å². The number of rotatable bonds is 0. The largest absolute Gasteiger partial charge is 0.419 e. The second kappa shape index (κ2) is 2.76. The third-order valence-corrected chi connectivity index (χ3v) is 1.68.